The van der Waals surface area contributed by atoms with Crippen LogP contribution in [0, 0.1) is 31.6 Å². The van der Waals surface area contributed by atoms with Crippen LogP contribution in [0.15, 0.2) is 70.7 Å². The number of non-ortho nitro benzene ring substituents is 1. The number of halogens is 1. The number of anilines is 1. The second kappa shape index (κ2) is 11.6. The second-order valence-electron chi connectivity index (χ2n) is 7.14. The van der Waals surface area contributed by atoms with Crippen LogP contribution in [0.4, 0.5) is 17.1 Å². The molecule has 3 aromatic rings. The van der Waals surface area contributed by atoms with Gasteiger partial charge < -0.3 is 14.8 Å². The first-order valence-corrected chi connectivity index (χ1v) is 10.9. The van der Waals surface area contributed by atoms with Crippen LogP contribution in [0.5, 0.6) is 11.5 Å². The number of methoxy groups -OCH3 is 1. The van der Waals surface area contributed by atoms with E-state index >= 15 is 0 Å². The SMILES string of the molecule is COC(=O)c1ccc(NC(=O)/C(C#N)=C/c2cc(Br)ccc2Oc2ccc([N+](=O)[O-])cc2[N+](=O)[O-])cc1. The van der Waals surface area contributed by atoms with Gasteiger partial charge in [-0.2, -0.15) is 5.26 Å². The molecule has 0 saturated carbocycles. The van der Waals surface area contributed by atoms with Crippen LogP contribution in [0.3, 0.4) is 0 Å². The van der Waals surface area contributed by atoms with E-state index in [2.05, 4.69) is 26.0 Å². The molecule has 1 N–H and O–H groups in total. The minimum atomic E-state index is -0.823. The Hall–Kier alpha value is -5.09. The molecule has 3 aromatic carbocycles. The van der Waals surface area contributed by atoms with E-state index in [1.54, 1.807) is 12.1 Å². The van der Waals surface area contributed by atoms with Crippen molar-refractivity contribution in [1.29, 1.82) is 5.26 Å². The Balaban J connectivity index is 1.93. The van der Waals surface area contributed by atoms with Gasteiger partial charge in [0, 0.05) is 21.8 Å². The van der Waals surface area contributed by atoms with E-state index in [1.807, 2.05) is 0 Å². The van der Waals surface area contributed by atoms with Crippen molar-refractivity contribution >= 4 is 50.9 Å². The number of benzene rings is 3. The number of carbonyl (C=O) groups is 2. The third-order valence-corrected chi connectivity index (χ3v) is 5.26. The van der Waals surface area contributed by atoms with E-state index in [-0.39, 0.29) is 28.2 Å². The molecule has 0 bridgehead atoms. The summed E-state index contributed by atoms with van der Waals surface area (Å²) in [5.74, 6) is -1.55. The number of nitrogens with zero attached hydrogens (tertiary/aromatic N) is 3. The van der Waals surface area contributed by atoms with Crippen LogP contribution < -0.4 is 10.1 Å². The highest BCUT2D eigenvalue weighted by Gasteiger charge is 2.22. The fourth-order valence-electron chi connectivity index (χ4n) is 3.00. The van der Waals surface area contributed by atoms with Gasteiger partial charge in [0.15, 0.2) is 0 Å². The van der Waals surface area contributed by atoms with Gasteiger partial charge in [-0.15, -0.1) is 0 Å². The lowest BCUT2D eigenvalue weighted by atomic mass is 10.1. The Morgan fingerprint density at radius 1 is 1.00 bits per heavy atom. The van der Waals surface area contributed by atoms with E-state index < -0.39 is 33.1 Å². The van der Waals surface area contributed by atoms with Crippen LogP contribution in [0.25, 0.3) is 6.08 Å². The van der Waals surface area contributed by atoms with Crippen molar-refractivity contribution in [3.8, 4) is 17.6 Å². The van der Waals surface area contributed by atoms with Gasteiger partial charge in [0.1, 0.15) is 17.4 Å². The molecule has 0 radical (unpaired) electrons. The summed E-state index contributed by atoms with van der Waals surface area (Å²) in [6.45, 7) is 0. The van der Waals surface area contributed by atoms with Crippen LogP contribution >= 0.6 is 15.9 Å². The maximum atomic E-state index is 12.7. The van der Waals surface area contributed by atoms with Gasteiger partial charge >= 0.3 is 11.7 Å². The summed E-state index contributed by atoms with van der Waals surface area (Å²) in [6, 6.07) is 15.0. The standard InChI is InChI=1S/C24H15BrN4O8/c1-36-24(31)14-2-5-18(6-3-14)27-23(30)16(13-26)10-15-11-17(25)4-8-21(15)37-22-9-7-19(28(32)33)12-20(22)29(34)35/h2-12H,1H3,(H,27,30)/b16-10+. The van der Waals surface area contributed by atoms with Gasteiger partial charge in [-0.1, -0.05) is 15.9 Å². The molecule has 0 aliphatic rings. The Labute approximate surface area is 217 Å². The zero-order valence-electron chi connectivity index (χ0n) is 18.8. The Kier molecular flexibility index (Phi) is 8.28. The number of nitriles is 1. The van der Waals surface area contributed by atoms with Gasteiger partial charge in [-0.25, -0.2) is 4.79 Å². The van der Waals surface area contributed by atoms with Gasteiger partial charge in [-0.3, -0.25) is 25.0 Å². The van der Waals surface area contributed by atoms with Crippen molar-refractivity contribution in [1.82, 2.24) is 0 Å². The lowest BCUT2D eigenvalue weighted by Gasteiger charge is -2.11. The van der Waals surface area contributed by atoms with E-state index in [9.17, 15) is 35.1 Å². The minimum absolute atomic E-state index is 0.0446. The average Bonchev–Trinajstić information content (AvgIpc) is 2.88. The predicted octanol–water partition coefficient (Wildman–Crippen LogP) is 5.39. The molecule has 0 saturated heterocycles. The zero-order chi connectivity index (χ0) is 27.1. The first-order valence-electron chi connectivity index (χ1n) is 10.1. The highest BCUT2D eigenvalue weighted by molar-refractivity contribution is 9.10. The maximum absolute atomic E-state index is 12.7. The number of hydrogen-bond acceptors (Lipinski definition) is 9. The number of amides is 1. The summed E-state index contributed by atoms with van der Waals surface area (Å²) in [5.41, 5.74) is -0.648. The van der Waals surface area contributed by atoms with Crippen molar-refractivity contribution < 1.29 is 28.9 Å². The third-order valence-electron chi connectivity index (χ3n) is 4.77. The molecule has 37 heavy (non-hydrogen) atoms. The molecule has 0 fully saturated rings. The molecule has 1 amide bonds. The molecule has 0 heterocycles. The molecule has 0 atom stereocenters. The number of rotatable bonds is 8. The number of carbonyl (C=O) groups excluding carboxylic acids is 2. The number of nitro groups is 2. The van der Waals surface area contributed by atoms with Gasteiger partial charge in [-0.05, 0) is 54.6 Å². The monoisotopic (exact) mass is 566 g/mol. The van der Waals surface area contributed by atoms with Crippen LogP contribution in [0.2, 0.25) is 0 Å². The lowest BCUT2D eigenvalue weighted by Crippen LogP contribution is -2.13. The van der Waals surface area contributed by atoms with Crippen molar-refractivity contribution in [3.63, 3.8) is 0 Å². The van der Waals surface area contributed by atoms with Gasteiger partial charge in [0.05, 0.1) is 28.6 Å². The normalized spacial score (nSPS) is 10.7. The first-order chi connectivity index (χ1) is 17.6. The summed E-state index contributed by atoms with van der Waals surface area (Å²) < 4.78 is 10.8. The number of nitro benzene ring substituents is 2. The molecule has 13 heteroatoms. The van der Waals surface area contributed by atoms with Crippen molar-refractivity contribution in [2.24, 2.45) is 0 Å². The summed E-state index contributed by atoms with van der Waals surface area (Å²) in [7, 11) is 1.24. The van der Waals surface area contributed by atoms with E-state index in [1.165, 1.54) is 49.6 Å². The molecule has 3 rings (SSSR count). The van der Waals surface area contributed by atoms with Gasteiger partial charge in [0.25, 0.3) is 11.6 Å². The Morgan fingerprint density at radius 2 is 1.68 bits per heavy atom. The number of esters is 1. The van der Waals surface area contributed by atoms with Crippen LogP contribution in [-0.2, 0) is 9.53 Å². The molecule has 0 unspecified atom stereocenters. The van der Waals surface area contributed by atoms with Crippen LogP contribution in [-0.4, -0.2) is 28.8 Å². The minimum Gasteiger partial charge on any atom is -0.465 e. The zero-order valence-corrected chi connectivity index (χ0v) is 20.4. The molecular weight excluding hydrogens is 552 g/mol. The smallest absolute Gasteiger partial charge is 0.337 e. The quantitative estimate of drug-likeness (QED) is 0.123. The highest BCUT2D eigenvalue weighted by Crippen LogP contribution is 2.37. The fourth-order valence-corrected chi connectivity index (χ4v) is 3.38. The molecule has 0 aromatic heterocycles. The highest BCUT2D eigenvalue weighted by atomic mass is 79.9. The van der Waals surface area contributed by atoms with E-state index in [4.69, 9.17) is 4.74 Å². The van der Waals surface area contributed by atoms with Gasteiger partial charge in [0.2, 0.25) is 5.75 Å². The predicted molar refractivity (Wildman–Crippen MR) is 134 cm³/mol. The second-order valence-corrected chi connectivity index (χ2v) is 8.06. The summed E-state index contributed by atoms with van der Waals surface area (Å²) >= 11 is 3.28. The van der Waals surface area contributed by atoms with E-state index in [0.29, 0.717) is 10.2 Å². The van der Waals surface area contributed by atoms with Crippen molar-refractivity contribution in [2.45, 2.75) is 0 Å². The third kappa shape index (κ3) is 6.53. The van der Waals surface area contributed by atoms with Crippen molar-refractivity contribution in [2.75, 3.05) is 12.4 Å². The molecule has 12 nitrogen and oxygen atoms in total. The number of hydrogen-bond donors (Lipinski definition) is 1. The molecular formula is C24H15BrN4O8. The Bertz CT molecular complexity index is 1480. The lowest BCUT2D eigenvalue weighted by molar-refractivity contribution is -0.394. The topological polar surface area (TPSA) is 175 Å². The molecule has 186 valence electrons. The maximum Gasteiger partial charge on any atom is 0.337 e. The average molecular weight is 567 g/mol. The fraction of sp³-hybridized carbons (Fsp3) is 0.0417. The molecule has 0 aliphatic carbocycles. The van der Waals surface area contributed by atoms with Crippen molar-refractivity contribution in [3.05, 3.63) is 102 Å². The Morgan fingerprint density at radius 3 is 2.27 bits per heavy atom. The largest absolute Gasteiger partial charge is 0.465 e. The van der Waals surface area contributed by atoms with E-state index in [0.717, 1.165) is 18.2 Å². The number of ether oxygens (including phenoxy) is 2. The summed E-state index contributed by atoms with van der Waals surface area (Å²) in [6.07, 6.45) is 1.22. The first kappa shape index (κ1) is 26.5. The molecule has 0 spiro atoms. The molecule has 0 aliphatic heterocycles. The summed E-state index contributed by atoms with van der Waals surface area (Å²) in [5, 5.41) is 34.6. The van der Waals surface area contributed by atoms with Crippen LogP contribution in [0.1, 0.15) is 15.9 Å². The number of nitrogens with one attached hydrogen (secondary N) is 1. The summed E-state index contributed by atoms with van der Waals surface area (Å²) in [4.78, 5) is 45.1.